The van der Waals surface area contributed by atoms with E-state index in [0.717, 1.165) is 19.7 Å². The zero-order valence-electron chi connectivity index (χ0n) is 10.5. The molecular formula is C13H22N2OS. The van der Waals surface area contributed by atoms with Gasteiger partial charge in [0.2, 0.25) is 0 Å². The Morgan fingerprint density at radius 1 is 1.65 bits per heavy atom. The summed E-state index contributed by atoms with van der Waals surface area (Å²) < 4.78 is 5.75. The van der Waals surface area contributed by atoms with Crippen molar-refractivity contribution in [2.45, 2.75) is 31.9 Å². The van der Waals surface area contributed by atoms with E-state index in [2.05, 4.69) is 28.7 Å². The van der Waals surface area contributed by atoms with Crippen LogP contribution in [0.15, 0.2) is 16.8 Å². The van der Waals surface area contributed by atoms with Crippen LogP contribution in [-0.2, 0) is 4.74 Å². The molecule has 0 aliphatic carbocycles. The highest BCUT2D eigenvalue weighted by atomic mass is 32.1. The van der Waals surface area contributed by atoms with Gasteiger partial charge in [0, 0.05) is 25.7 Å². The first kappa shape index (κ1) is 13.0. The molecule has 1 aliphatic heterocycles. The van der Waals surface area contributed by atoms with Crippen LogP contribution in [0.4, 0.5) is 0 Å². The highest BCUT2D eigenvalue weighted by molar-refractivity contribution is 7.07. The molecule has 96 valence electrons. The molecule has 2 unspecified atom stereocenters. The molecular weight excluding hydrogens is 232 g/mol. The van der Waals surface area contributed by atoms with Crippen LogP contribution in [0.2, 0.25) is 0 Å². The largest absolute Gasteiger partial charge is 0.377 e. The van der Waals surface area contributed by atoms with E-state index in [-0.39, 0.29) is 0 Å². The minimum absolute atomic E-state index is 0.365. The van der Waals surface area contributed by atoms with E-state index in [0.29, 0.717) is 18.7 Å². The van der Waals surface area contributed by atoms with Crippen LogP contribution in [0.1, 0.15) is 31.4 Å². The number of piperidine rings is 1. The van der Waals surface area contributed by atoms with Gasteiger partial charge in [0.1, 0.15) is 0 Å². The van der Waals surface area contributed by atoms with Crippen LogP contribution >= 0.6 is 11.3 Å². The fourth-order valence-corrected chi connectivity index (χ4v) is 3.29. The van der Waals surface area contributed by atoms with Gasteiger partial charge >= 0.3 is 0 Å². The molecule has 1 aliphatic rings. The monoisotopic (exact) mass is 254 g/mol. The average molecular weight is 254 g/mol. The van der Waals surface area contributed by atoms with Crippen molar-refractivity contribution in [3.63, 3.8) is 0 Å². The molecule has 0 radical (unpaired) electrons. The predicted molar refractivity (Wildman–Crippen MR) is 72.3 cm³/mol. The van der Waals surface area contributed by atoms with Gasteiger partial charge in [0.05, 0.1) is 6.10 Å². The summed E-state index contributed by atoms with van der Waals surface area (Å²) in [4.78, 5) is 2.48. The highest BCUT2D eigenvalue weighted by Crippen LogP contribution is 2.26. The Morgan fingerprint density at radius 3 is 3.18 bits per heavy atom. The molecule has 0 aromatic carbocycles. The maximum Gasteiger partial charge on any atom is 0.0702 e. The second-order valence-electron chi connectivity index (χ2n) is 4.52. The van der Waals surface area contributed by atoms with E-state index in [9.17, 15) is 0 Å². The van der Waals surface area contributed by atoms with Crippen molar-refractivity contribution in [1.82, 2.24) is 4.90 Å². The van der Waals surface area contributed by atoms with Gasteiger partial charge < -0.3 is 10.5 Å². The number of rotatable bonds is 5. The van der Waals surface area contributed by atoms with Crippen molar-refractivity contribution in [2.75, 3.05) is 26.2 Å². The molecule has 0 spiro atoms. The van der Waals surface area contributed by atoms with E-state index in [1.165, 1.54) is 18.4 Å². The zero-order valence-corrected chi connectivity index (χ0v) is 11.3. The number of ether oxygens (including phenoxy) is 1. The van der Waals surface area contributed by atoms with Crippen molar-refractivity contribution in [3.05, 3.63) is 22.4 Å². The predicted octanol–water partition coefficient (Wildman–Crippen LogP) is 2.25. The van der Waals surface area contributed by atoms with Crippen LogP contribution in [0.3, 0.4) is 0 Å². The summed E-state index contributed by atoms with van der Waals surface area (Å²) in [7, 11) is 0. The molecule has 1 aromatic rings. The molecule has 2 atom stereocenters. The molecule has 2 heterocycles. The van der Waals surface area contributed by atoms with Crippen molar-refractivity contribution in [1.29, 1.82) is 0 Å². The van der Waals surface area contributed by atoms with Crippen LogP contribution < -0.4 is 5.73 Å². The minimum Gasteiger partial charge on any atom is -0.377 e. The van der Waals surface area contributed by atoms with Gasteiger partial charge in [-0.1, -0.05) is 0 Å². The summed E-state index contributed by atoms with van der Waals surface area (Å²) in [5.41, 5.74) is 7.29. The SMILES string of the molecule is CCOC1CCCN(C(CN)c2ccsc2)C1. The third-order valence-corrected chi connectivity index (χ3v) is 4.11. The molecule has 1 aromatic heterocycles. The number of likely N-dealkylation sites (tertiary alicyclic amines) is 1. The fourth-order valence-electron chi connectivity index (χ4n) is 2.58. The van der Waals surface area contributed by atoms with Crippen LogP contribution in [0, 0.1) is 0 Å². The van der Waals surface area contributed by atoms with Gasteiger partial charge in [0.15, 0.2) is 0 Å². The summed E-state index contributed by atoms with van der Waals surface area (Å²) in [5.74, 6) is 0. The molecule has 0 saturated carbocycles. The fraction of sp³-hybridized carbons (Fsp3) is 0.692. The van der Waals surface area contributed by atoms with E-state index in [1.807, 2.05) is 0 Å². The third kappa shape index (κ3) is 3.28. The van der Waals surface area contributed by atoms with Crippen molar-refractivity contribution >= 4 is 11.3 Å². The maximum atomic E-state index is 5.94. The van der Waals surface area contributed by atoms with Crippen LogP contribution in [-0.4, -0.2) is 37.2 Å². The standard InChI is InChI=1S/C13H22N2OS/c1-2-16-12-4-3-6-15(9-12)13(8-14)11-5-7-17-10-11/h5,7,10,12-13H,2-4,6,8-9,14H2,1H3. The lowest BCUT2D eigenvalue weighted by molar-refractivity contribution is -0.00654. The van der Waals surface area contributed by atoms with E-state index in [1.54, 1.807) is 11.3 Å². The first-order valence-corrected chi connectivity index (χ1v) is 7.37. The van der Waals surface area contributed by atoms with E-state index >= 15 is 0 Å². The number of thiophene rings is 1. The average Bonchev–Trinajstić information content (AvgIpc) is 2.85. The maximum absolute atomic E-state index is 5.94. The number of nitrogens with two attached hydrogens (primary N) is 1. The minimum atomic E-state index is 0.365. The summed E-state index contributed by atoms with van der Waals surface area (Å²) in [6.45, 7) is 5.73. The number of nitrogens with zero attached hydrogens (tertiary/aromatic N) is 1. The van der Waals surface area contributed by atoms with Crippen molar-refractivity contribution < 1.29 is 4.74 Å². The van der Waals surface area contributed by atoms with Gasteiger partial charge in [-0.2, -0.15) is 11.3 Å². The Kier molecular flexibility index (Phi) is 4.98. The van der Waals surface area contributed by atoms with Crippen molar-refractivity contribution in [3.8, 4) is 0 Å². The van der Waals surface area contributed by atoms with E-state index in [4.69, 9.17) is 10.5 Å². The van der Waals surface area contributed by atoms with Gasteiger partial charge in [-0.05, 0) is 48.7 Å². The Morgan fingerprint density at radius 2 is 2.53 bits per heavy atom. The molecule has 0 amide bonds. The van der Waals surface area contributed by atoms with Gasteiger partial charge in [-0.25, -0.2) is 0 Å². The lowest BCUT2D eigenvalue weighted by Crippen LogP contribution is -2.43. The third-order valence-electron chi connectivity index (χ3n) is 3.40. The van der Waals surface area contributed by atoms with Gasteiger partial charge in [0.25, 0.3) is 0 Å². The first-order chi connectivity index (χ1) is 8.35. The lowest BCUT2D eigenvalue weighted by Gasteiger charge is -2.37. The summed E-state index contributed by atoms with van der Waals surface area (Å²) in [6.07, 6.45) is 2.79. The topological polar surface area (TPSA) is 38.5 Å². The first-order valence-electron chi connectivity index (χ1n) is 6.43. The Labute approximate surface area is 108 Å². The number of hydrogen-bond acceptors (Lipinski definition) is 4. The molecule has 3 nitrogen and oxygen atoms in total. The molecule has 1 saturated heterocycles. The molecule has 4 heteroatoms. The van der Waals surface area contributed by atoms with Gasteiger partial charge in [-0.3, -0.25) is 4.90 Å². The molecule has 17 heavy (non-hydrogen) atoms. The highest BCUT2D eigenvalue weighted by Gasteiger charge is 2.26. The smallest absolute Gasteiger partial charge is 0.0702 e. The van der Waals surface area contributed by atoms with Gasteiger partial charge in [-0.15, -0.1) is 0 Å². The zero-order chi connectivity index (χ0) is 12.1. The Hall–Kier alpha value is -0.420. The quantitative estimate of drug-likeness (QED) is 0.876. The summed E-state index contributed by atoms with van der Waals surface area (Å²) >= 11 is 1.74. The lowest BCUT2D eigenvalue weighted by atomic mass is 10.0. The number of hydrogen-bond donors (Lipinski definition) is 1. The molecule has 0 bridgehead atoms. The van der Waals surface area contributed by atoms with Crippen molar-refractivity contribution in [2.24, 2.45) is 5.73 Å². The summed E-state index contributed by atoms with van der Waals surface area (Å²) in [5, 5.41) is 4.34. The molecule has 2 rings (SSSR count). The second-order valence-corrected chi connectivity index (χ2v) is 5.30. The van der Waals surface area contributed by atoms with Crippen LogP contribution in [0.25, 0.3) is 0 Å². The van der Waals surface area contributed by atoms with E-state index < -0.39 is 0 Å². The molecule has 1 fully saturated rings. The Balaban J connectivity index is 1.99. The second kappa shape index (κ2) is 6.50. The van der Waals surface area contributed by atoms with Crippen LogP contribution in [0.5, 0.6) is 0 Å². The Bertz CT molecular complexity index is 313. The normalized spacial score (nSPS) is 23.8. The summed E-state index contributed by atoms with van der Waals surface area (Å²) in [6, 6.07) is 2.55. The molecule has 2 N–H and O–H groups in total.